The molecule has 5 nitrogen and oxygen atoms in total. The lowest BCUT2D eigenvalue weighted by atomic mass is 10.1. The third-order valence-corrected chi connectivity index (χ3v) is 4.53. The number of benzene rings is 1. The Labute approximate surface area is 107 Å². The van der Waals surface area contributed by atoms with Crippen molar-refractivity contribution in [1.29, 1.82) is 0 Å². The Morgan fingerprint density at radius 2 is 1.61 bits per heavy atom. The van der Waals surface area contributed by atoms with Crippen LogP contribution in [0.25, 0.3) is 0 Å². The molecule has 2 atom stereocenters. The van der Waals surface area contributed by atoms with Crippen LogP contribution in [-0.4, -0.2) is 29.3 Å². The molecule has 0 unspecified atom stereocenters. The molecule has 0 fully saturated rings. The Morgan fingerprint density at radius 3 is 2.06 bits per heavy atom. The van der Waals surface area contributed by atoms with Crippen molar-refractivity contribution in [2.24, 2.45) is 0 Å². The van der Waals surface area contributed by atoms with E-state index in [0.717, 1.165) is 0 Å². The number of aliphatic hydroxyl groups is 2. The minimum atomic E-state index is -3.73. The Balaban J connectivity index is 2.89. The summed E-state index contributed by atoms with van der Waals surface area (Å²) < 4.78 is 22.3. The average molecular weight is 274 g/mol. The molecule has 1 rings (SSSR count). The van der Waals surface area contributed by atoms with Gasteiger partial charge in [0.25, 0.3) is 0 Å². The van der Waals surface area contributed by atoms with Gasteiger partial charge < -0.3 is 19.3 Å². The second-order valence-corrected chi connectivity index (χ2v) is 5.77. The molecule has 18 heavy (non-hydrogen) atoms. The summed E-state index contributed by atoms with van der Waals surface area (Å²) in [5, 5.41) is 20.0. The van der Waals surface area contributed by atoms with E-state index in [0.29, 0.717) is 5.56 Å². The summed E-state index contributed by atoms with van der Waals surface area (Å²) in [6.45, 7) is 3.56. The van der Waals surface area contributed by atoms with Gasteiger partial charge in [-0.3, -0.25) is 4.57 Å². The number of hydrogen-bond donors (Lipinski definition) is 2. The highest BCUT2D eigenvalue weighted by atomic mass is 31.2. The molecule has 0 spiro atoms. The van der Waals surface area contributed by atoms with Crippen molar-refractivity contribution in [3.63, 3.8) is 0 Å². The third-order valence-electron chi connectivity index (χ3n) is 2.37. The zero-order valence-corrected chi connectivity index (χ0v) is 11.4. The van der Waals surface area contributed by atoms with Crippen molar-refractivity contribution in [1.82, 2.24) is 0 Å². The van der Waals surface area contributed by atoms with Crippen molar-refractivity contribution < 1.29 is 23.8 Å². The molecule has 1 aromatic carbocycles. The van der Waals surface area contributed by atoms with Crippen LogP contribution in [0, 0.1) is 0 Å². The van der Waals surface area contributed by atoms with E-state index in [4.69, 9.17) is 9.05 Å². The van der Waals surface area contributed by atoms with E-state index in [1.807, 2.05) is 0 Å². The van der Waals surface area contributed by atoms with Crippen LogP contribution in [0.5, 0.6) is 0 Å². The van der Waals surface area contributed by atoms with Crippen LogP contribution in [-0.2, 0) is 13.6 Å². The summed E-state index contributed by atoms with van der Waals surface area (Å²) in [4.78, 5) is 0. The van der Waals surface area contributed by atoms with E-state index in [2.05, 4.69) is 0 Å². The highest BCUT2D eigenvalue weighted by Gasteiger charge is 2.39. The van der Waals surface area contributed by atoms with Gasteiger partial charge in [0.2, 0.25) is 0 Å². The normalized spacial score (nSPS) is 15.3. The van der Waals surface area contributed by atoms with E-state index in [1.54, 1.807) is 44.2 Å². The SMILES string of the molecule is CCOP(=O)(OCC)[C@@H](O)[C@H](O)c1ccccc1. The van der Waals surface area contributed by atoms with Gasteiger partial charge in [0.15, 0.2) is 5.85 Å². The molecule has 0 aliphatic rings. The molecule has 0 aliphatic heterocycles. The summed E-state index contributed by atoms with van der Waals surface area (Å²) in [5.74, 6) is -1.60. The summed E-state index contributed by atoms with van der Waals surface area (Å²) >= 11 is 0. The van der Waals surface area contributed by atoms with Crippen LogP contribution in [0.3, 0.4) is 0 Å². The molecule has 0 amide bonds. The first-order valence-electron chi connectivity index (χ1n) is 5.85. The molecular formula is C12H19O5P. The lowest BCUT2D eigenvalue weighted by Crippen LogP contribution is -2.21. The Kier molecular flexibility index (Phi) is 5.99. The fourth-order valence-corrected chi connectivity index (χ4v) is 3.16. The third kappa shape index (κ3) is 3.64. The zero-order chi connectivity index (χ0) is 13.6. The summed E-state index contributed by atoms with van der Waals surface area (Å²) in [6.07, 6.45) is -1.31. The largest absolute Gasteiger partial charge is 0.385 e. The van der Waals surface area contributed by atoms with Crippen LogP contribution in [0.15, 0.2) is 30.3 Å². The van der Waals surface area contributed by atoms with Crippen LogP contribution in [0.4, 0.5) is 0 Å². The second kappa shape index (κ2) is 7.02. The number of rotatable bonds is 7. The van der Waals surface area contributed by atoms with Gasteiger partial charge in [0.1, 0.15) is 6.10 Å². The lowest BCUT2D eigenvalue weighted by Gasteiger charge is -2.25. The van der Waals surface area contributed by atoms with Crippen LogP contribution in [0.1, 0.15) is 25.5 Å². The van der Waals surface area contributed by atoms with Gasteiger partial charge in [-0.1, -0.05) is 30.3 Å². The van der Waals surface area contributed by atoms with Gasteiger partial charge >= 0.3 is 7.60 Å². The first kappa shape index (κ1) is 15.3. The maximum absolute atomic E-state index is 12.3. The predicted octanol–water partition coefficient (Wildman–Crippen LogP) is 2.30. The fourth-order valence-electron chi connectivity index (χ4n) is 1.55. The standard InChI is InChI=1S/C12H19O5P/c1-3-16-18(15,17-4-2)12(14)11(13)10-8-6-5-7-9-10/h5-9,11-14H,3-4H2,1-2H3/t11-,12-/m1/s1. The first-order valence-corrected chi connectivity index (χ1v) is 7.46. The predicted molar refractivity (Wildman–Crippen MR) is 68.3 cm³/mol. The lowest BCUT2D eigenvalue weighted by molar-refractivity contribution is 0.0401. The Morgan fingerprint density at radius 1 is 1.11 bits per heavy atom. The van der Waals surface area contributed by atoms with Crippen molar-refractivity contribution >= 4 is 7.60 Å². The van der Waals surface area contributed by atoms with Gasteiger partial charge in [-0.25, -0.2) is 0 Å². The fraction of sp³-hybridized carbons (Fsp3) is 0.500. The average Bonchev–Trinajstić information content (AvgIpc) is 2.38. The molecule has 102 valence electrons. The van der Waals surface area contributed by atoms with E-state index in [1.165, 1.54) is 0 Å². The van der Waals surface area contributed by atoms with E-state index in [-0.39, 0.29) is 13.2 Å². The van der Waals surface area contributed by atoms with Crippen molar-refractivity contribution in [2.45, 2.75) is 25.8 Å². The molecule has 0 saturated carbocycles. The molecule has 0 heterocycles. The summed E-state index contributed by atoms with van der Waals surface area (Å²) in [5.41, 5.74) is 0.463. The van der Waals surface area contributed by atoms with Gasteiger partial charge in [0.05, 0.1) is 13.2 Å². The Bertz CT molecular complexity index is 385. The molecule has 0 saturated heterocycles. The maximum atomic E-state index is 12.3. The monoisotopic (exact) mass is 274 g/mol. The van der Waals surface area contributed by atoms with Crippen molar-refractivity contribution in [3.05, 3.63) is 35.9 Å². The molecule has 0 aliphatic carbocycles. The molecule has 0 aromatic heterocycles. The molecule has 0 radical (unpaired) electrons. The summed E-state index contributed by atoms with van der Waals surface area (Å²) in [6, 6.07) is 8.49. The number of hydrogen-bond acceptors (Lipinski definition) is 5. The van der Waals surface area contributed by atoms with Crippen LogP contribution < -0.4 is 0 Å². The first-order chi connectivity index (χ1) is 8.55. The quantitative estimate of drug-likeness (QED) is 0.746. The van der Waals surface area contributed by atoms with Crippen LogP contribution >= 0.6 is 7.60 Å². The topological polar surface area (TPSA) is 76.0 Å². The highest BCUT2D eigenvalue weighted by Crippen LogP contribution is 2.55. The molecule has 1 aromatic rings. The summed E-state index contributed by atoms with van der Waals surface area (Å²) in [7, 11) is -3.73. The Hall–Kier alpha value is -0.710. The highest BCUT2D eigenvalue weighted by molar-refractivity contribution is 7.54. The van der Waals surface area contributed by atoms with Crippen molar-refractivity contribution in [2.75, 3.05) is 13.2 Å². The van der Waals surface area contributed by atoms with Crippen LogP contribution in [0.2, 0.25) is 0 Å². The van der Waals surface area contributed by atoms with E-state index in [9.17, 15) is 14.8 Å². The maximum Gasteiger partial charge on any atom is 0.361 e. The molecule has 0 bridgehead atoms. The molecular weight excluding hydrogens is 255 g/mol. The smallest absolute Gasteiger partial charge is 0.361 e. The second-order valence-electron chi connectivity index (χ2n) is 3.64. The van der Waals surface area contributed by atoms with Gasteiger partial charge in [-0.2, -0.15) is 0 Å². The number of aliphatic hydroxyl groups excluding tert-OH is 2. The van der Waals surface area contributed by atoms with Gasteiger partial charge in [-0.05, 0) is 19.4 Å². The van der Waals surface area contributed by atoms with Crippen molar-refractivity contribution in [3.8, 4) is 0 Å². The van der Waals surface area contributed by atoms with Gasteiger partial charge in [-0.15, -0.1) is 0 Å². The zero-order valence-electron chi connectivity index (χ0n) is 10.5. The minimum Gasteiger partial charge on any atom is -0.385 e. The van der Waals surface area contributed by atoms with E-state index < -0.39 is 19.5 Å². The van der Waals surface area contributed by atoms with E-state index >= 15 is 0 Å². The molecule has 6 heteroatoms. The molecule has 2 N–H and O–H groups in total. The minimum absolute atomic E-state index is 0.135. The van der Waals surface area contributed by atoms with Gasteiger partial charge in [0, 0.05) is 0 Å².